The van der Waals surface area contributed by atoms with Crippen molar-refractivity contribution in [3.05, 3.63) is 29.3 Å². The van der Waals surface area contributed by atoms with Crippen LogP contribution in [-0.4, -0.2) is 29.7 Å². The van der Waals surface area contributed by atoms with Crippen LogP contribution < -0.4 is 5.73 Å². The second kappa shape index (κ2) is 5.73. The van der Waals surface area contributed by atoms with Crippen LogP contribution in [-0.2, 0) is 6.54 Å². The molecule has 0 saturated carbocycles. The molecule has 0 unspecified atom stereocenters. The lowest BCUT2D eigenvalue weighted by molar-refractivity contribution is 0.197. The summed E-state index contributed by atoms with van der Waals surface area (Å²) in [6, 6.07) is 6.14. The Kier molecular flexibility index (Phi) is 4.59. The average Bonchev–Trinajstić information content (AvgIpc) is 2.23. The highest BCUT2D eigenvalue weighted by atomic mass is 16.3. The molecule has 0 aliphatic rings. The molecule has 0 aliphatic carbocycles. The minimum atomic E-state index is 0.204. The summed E-state index contributed by atoms with van der Waals surface area (Å²) < 4.78 is 0. The number of hydrogen-bond acceptors (Lipinski definition) is 3. The van der Waals surface area contributed by atoms with Crippen molar-refractivity contribution in [3.8, 4) is 0 Å². The fourth-order valence-electron chi connectivity index (χ4n) is 1.54. The minimum Gasteiger partial charge on any atom is -0.399 e. The summed E-state index contributed by atoms with van der Waals surface area (Å²) >= 11 is 0. The molecule has 1 rings (SSSR count). The molecule has 0 aromatic heterocycles. The van der Waals surface area contributed by atoms with E-state index in [9.17, 15) is 0 Å². The highest BCUT2D eigenvalue weighted by Gasteiger charge is 2.03. The highest BCUT2D eigenvalue weighted by molar-refractivity contribution is 5.48. The molecule has 15 heavy (non-hydrogen) atoms. The first kappa shape index (κ1) is 12.0. The van der Waals surface area contributed by atoms with Crippen LogP contribution >= 0.6 is 0 Å². The summed E-state index contributed by atoms with van der Waals surface area (Å²) in [5, 5.41) is 8.88. The van der Waals surface area contributed by atoms with Crippen molar-refractivity contribution in [1.29, 1.82) is 0 Å². The van der Waals surface area contributed by atoms with Gasteiger partial charge in [-0.3, -0.25) is 4.90 Å². The predicted octanol–water partition coefficient (Wildman–Crippen LogP) is 1.39. The number of nitrogens with zero attached hydrogens (tertiary/aromatic N) is 1. The smallest absolute Gasteiger partial charge is 0.0558 e. The maximum Gasteiger partial charge on any atom is 0.0558 e. The molecular formula is C12H20N2O. The number of hydrogen-bond donors (Lipinski definition) is 2. The number of anilines is 1. The third-order valence-corrected chi connectivity index (χ3v) is 2.61. The normalized spacial score (nSPS) is 10.9. The molecular weight excluding hydrogens is 188 g/mol. The number of likely N-dealkylation sites (N-methyl/N-ethyl adjacent to an activating group) is 1. The van der Waals surface area contributed by atoms with Crippen molar-refractivity contribution in [2.75, 3.05) is 25.4 Å². The van der Waals surface area contributed by atoms with Crippen molar-refractivity contribution < 1.29 is 5.11 Å². The van der Waals surface area contributed by atoms with Crippen LogP contribution in [0.3, 0.4) is 0 Å². The van der Waals surface area contributed by atoms with Crippen molar-refractivity contribution in [2.45, 2.75) is 20.4 Å². The average molecular weight is 208 g/mol. The van der Waals surface area contributed by atoms with Gasteiger partial charge < -0.3 is 10.8 Å². The van der Waals surface area contributed by atoms with Crippen LogP contribution in [0.5, 0.6) is 0 Å². The van der Waals surface area contributed by atoms with Crippen LogP contribution in [0.15, 0.2) is 18.2 Å². The molecule has 0 fully saturated rings. The summed E-state index contributed by atoms with van der Waals surface area (Å²) in [4.78, 5) is 2.18. The van der Waals surface area contributed by atoms with E-state index in [1.165, 1.54) is 5.56 Å². The molecule has 0 atom stereocenters. The Morgan fingerprint density at radius 2 is 2.13 bits per heavy atom. The van der Waals surface area contributed by atoms with Crippen molar-refractivity contribution >= 4 is 5.69 Å². The van der Waals surface area contributed by atoms with Gasteiger partial charge in [-0.25, -0.2) is 0 Å². The molecule has 1 aromatic carbocycles. The monoisotopic (exact) mass is 208 g/mol. The van der Waals surface area contributed by atoms with Crippen molar-refractivity contribution in [1.82, 2.24) is 4.90 Å². The Bertz CT molecular complexity index is 312. The second-order valence-electron chi connectivity index (χ2n) is 3.78. The van der Waals surface area contributed by atoms with Crippen LogP contribution in [0.4, 0.5) is 5.69 Å². The number of benzene rings is 1. The molecule has 0 heterocycles. The second-order valence-corrected chi connectivity index (χ2v) is 3.78. The van der Waals surface area contributed by atoms with E-state index < -0.39 is 0 Å². The molecule has 0 bridgehead atoms. The van der Waals surface area contributed by atoms with E-state index in [1.54, 1.807) is 0 Å². The SMILES string of the molecule is CCN(CCO)Cc1ccc(C)c(N)c1. The van der Waals surface area contributed by atoms with Crippen LogP contribution in [0.1, 0.15) is 18.1 Å². The van der Waals surface area contributed by atoms with Gasteiger partial charge in [-0.1, -0.05) is 19.1 Å². The van der Waals surface area contributed by atoms with Gasteiger partial charge in [0, 0.05) is 18.8 Å². The van der Waals surface area contributed by atoms with E-state index >= 15 is 0 Å². The van der Waals surface area contributed by atoms with Gasteiger partial charge in [0.05, 0.1) is 6.61 Å². The van der Waals surface area contributed by atoms with Crippen LogP contribution in [0, 0.1) is 6.92 Å². The fraction of sp³-hybridized carbons (Fsp3) is 0.500. The summed E-state index contributed by atoms with van der Waals surface area (Å²) in [5.74, 6) is 0. The van der Waals surface area contributed by atoms with E-state index in [1.807, 2.05) is 19.1 Å². The first-order chi connectivity index (χ1) is 7.17. The Morgan fingerprint density at radius 3 is 2.67 bits per heavy atom. The van der Waals surface area contributed by atoms with Crippen LogP contribution in [0.25, 0.3) is 0 Å². The third kappa shape index (κ3) is 3.53. The zero-order valence-corrected chi connectivity index (χ0v) is 9.53. The van der Waals surface area contributed by atoms with Gasteiger partial charge in [-0.15, -0.1) is 0 Å². The molecule has 0 saturated heterocycles. The Morgan fingerprint density at radius 1 is 1.40 bits per heavy atom. The maximum atomic E-state index is 8.88. The van der Waals surface area contributed by atoms with Crippen molar-refractivity contribution in [3.63, 3.8) is 0 Å². The fourth-order valence-corrected chi connectivity index (χ4v) is 1.54. The molecule has 0 amide bonds. The minimum absolute atomic E-state index is 0.204. The first-order valence-corrected chi connectivity index (χ1v) is 5.35. The van der Waals surface area contributed by atoms with E-state index in [0.717, 1.165) is 24.3 Å². The summed E-state index contributed by atoms with van der Waals surface area (Å²) in [6.07, 6.45) is 0. The zero-order valence-electron chi connectivity index (χ0n) is 9.53. The molecule has 3 N–H and O–H groups in total. The van der Waals surface area contributed by atoms with Gasteiger partial charge in [0.15, 0.2) is 0 Å². The standard InChI is InChI=1S/C12H20N2O/c1-3-14(6-7-15)9-11-5-4-10(2)12(13)8-11/h4-5,8,15H,3,6-7,9,13H2,1-2H3. The van der Waals surface area contributed by atoms with E-state index in [4.69, 9.17) is 10.8 Å². The largest absolute Gasteiger partial charge is 0.399 e. The Labute approximate surface area is 91.5 Å². The Hall–Kier alpha value is -1.06. The number of nitrogens with two attached hydrogens (primary N) is 1. The number of rotatable bonds is 5. The predicted molar refractivity (Wildman–Crippen MR) is 63.6 cm³/mol. The number of nitrogen functional groups attached to an aromatic ring is 1. The first-order valence-electron chi connectivity index (χ1n) is 5.35. The molecule has 0 radical (unpaired) electrons. The summed E-state index contributed by atoms with van der Waals surface area (Å²) in [5.41, 5.74) is 9.00. The van der Waals surface area contributed by atoms with E-state index in [0.29, 0.717) is 6.54 Å². The van der Waals surface area contributed by atoms with Gasteiger partial charge >= 0.3 is 0 Å². The third-order valence-electron chi connectivity index (χ3n) is 2.61. The lowest BCUT2D eigenvalue weighted by Gasteiger charge is -2.19. The number of aliphatic hydroxyl groups excluding tert-OH is 1. The summed E-state index contributed by atoms with van der Waals surface area (Å²) in [7, 11) is 0. The quantitative estimate of drug-likeness (QED) is 0.719. The molecule has 84 valence electrons. The van der Waals surface area contributed by atoms with Gasteiger partial charge in [-0.2, -0.15) is 0 Å². The van der Waals surface area contributed by atoms with E-state index in [-0.39, 0.29) is 6.61 Å². The van der Waals surface area contributed by atoms with Gasteiger partial charge in [0.2, 0.25) is 0 Å². The zero-order chi connectivity index (χ0) is 11.3. The van der Waals surface area contributed by atoms with E-state index in [2.05, 4.69) is 17.9 Å². The highest BCUT2D eigenvalue weighted by Crippen LogP contribution is 2.14. The lowest BCUT2D eigenvalue weighted by Crippen LogP contribution is -2.26. The topological polar surface area (TPSA) is 49.5 Å². The number of aryl methyl sites for hydroxylation is 1. The number of aliphatic hydroxyl groups is 1. The van der Waals surface area contributed by atoms with Gasteiger partial charge in [-0.05, 0) is 30.7 Å². The molecule has 3 nitrogen and oxygen atoms in total. The Balaban J connectivity index is 2.66. The molecule has 3 heteroatoms. The molecule has 1 aromatic rings. The maximum absolute atomic E-state index is 8.88. The lowest BCUT2D eigenvalue weighted by atomic mass is 10.1. The van der Waals surface area contributed by atoms with Crippen LogP contribution in [0.2, 0.25) is 0 Å². The molecule has 0 aliphatic heterocycles. The van der Waals surface area contributed by atoms with Crippen molar-refractivity contribution in [2.24, 2.45) is 0 Å². The van der Waals surface area contributed by atoms with Gasteiger partial charge in [0.1, 0.15) is 0 Å². The summed E-state index contributed by atoms with van der Waals surface area (Å²) in [6.45, 7) is 6.80. The molecule has 0 spiro atoms. The van der Waals surface area contributed by atoms with Gasteiger partial charge in [0.25, 0.3) is 0 Å².